The molecule has 39 heavy (non-hydrogen) atoms. The van der Waals surface area contributed by atoms with Gasteiger partial charge in [0, 0.05) is 19.1 Å². The molecule has 2 aromatic rings. The Morgan fingerprint density at radius 1 is 1.10 bits per heavy atom. The summed E-state index contributed by atoms with van der Waals surface area (Å²) in [6.45, 7) is 6.60. The lowest BCUT2D eigenvalue weighted by molar-refractivity contribution is -0.297. The fourth-order valence-electron chi connectivity index (χ4n) is 4.37. The van der Waals surface area contributed by atoms with Crippen molar-refractivity contribution < 1.29 is 41.0 Å². The number of rotatable bonds is 6. The molecule has 0 spiro atoms. The molecule has 1 fully saturated rings. The van der Waals surface area contributed by atoms with Crippen LogP contribution in [0.15, 0.2) is 18.2 Å². The molecule has 1 aliphatic rings. The molecule has 13 heteroatoms. The number of carbonyl (C=O) groups is 2. The number of nitrogens with one attached hydrogen (secondary N) is 1. The Morgan fingerprint density at radius 2 is 1.72 bits per heavy atom. The third-order valence-corrected chi connectivity index (χ3v) is 8.04. The van der Waals surface area contributed by atoms with Gasteiger partial charge in [-0.2, -0.15) is 26.3 Å². The zero-order valence-electron chi connectivity index (χ0n) is 22.2. The quantitative estimate of drug-likeness (QED) is 0.411. The van der Waals surface area contributed by atoms with Crippen molar-refractivity contribution in [2.45, 2.75) is 83.3 Å². The van der Waals surface area contributed by atoms with Gasteiger partial charge in [0.25, 0.3) is 11.8 Å². The van der Waals surface area contributed by atoms with Gasteiger partial charge in [-0.3, -0.25) is 9.59 Å². The Morgan fingerprint density at radius 3 is 2.23 bits per heavy atom. The van der Waals surface area contributed by atoms with E-state index in [1.807, 2.05) is 6.92 Å². The number of likely N-dealkylation sites (tertiary alicyclic amines) is 1. The Balaban J connectivity index is 2.13. The number of hydrogen-bond donors (Lipinski definition) is 2. The lowest BCUT2D eigenvalue weighted by atomic mass is 9.79. The number of halogens is 6. The second kappa shape index (κ2) is 10.7. The van der Waals surface area contributed by atoms with E-state index < -0.39 is 40.7 Å². The molecule has 1 aliphatic heterocycles. The highest BCUT2D eigenvalue weighted by Gasteiger charge is 2.68. The summed E-state index contributed by atoms with van der Waals surface area (Å²) in [7, 11) is 0. The van der Waals surface area contributed by atoms with E-state index in [-0.39, 0.29) is 46.2 Å². The highest BCUT2D eigenvalue weighted by atomic mass is 32.1. The van der Waals surface area contributed by atoms with Gasteiger partial charge in [-0.05, 0) is 70.6 Å². The maximum absolute atomic E-state index is 13.7. The van der Waals surface area contributed by atoms with Crippen LogP contribution < -0.4 is 5.32 Å². The molecule has 2 N–H and O–H groups in total. The van der Waals surface area contributed by atoms with Crippen molar-refractivity contribution in [3.8, 4) is 10.4 Å². The normalized spacial score (nSPS) is 17.3. The van der Waals surface area contributed by atoms with Gasteiger partial charge in [0.1, 0.15) is 5.69 Å². The zero-order valence-corrected chi connectivity index (χ0v) is 23.0. The highest BCUT2D eigenvalue weighted by molar-refractivity contribution is 7.17. The van der Waals surface area contributed by atoms with E-state index in [9.17, 15) is 41.0 Å². The average molecular weight is 580 g/mol. The Kier molecular flexibility index (Phi) is 8.48. The first-order valence-corrected chi connectivity index (χ1v) is 13.2. The molecule has 2 heterocycles. The van der Waals surface area contributed by atoms with Gasteiger partial charge in [-0.15, -0.1) is 11.3 Å². The van der Waals surface area contributed by atoms with E-state index in [0.717, 1.165) is 48.8 Å². The number of thiazole rings is 1. The predicted octanol–water partition coefficient (Wildman–Crippen LogP) is 6.02. The fourth-order valence-corrected chi connectivity index (χ4v) is 5.43. The monoisotopic (exact) mass is 579 g/mol. The summed E-state index contributed by atoms with van der Waals surface area (Å²) < 4.78 is 82.0. The van der Waals surface area contributed by atoms with Gasteiger partial charge in [0.2, 0.25) is 0 Å². The average Bonchev–Trinajstić information content (AvgIpc) is 3.25. The number of carbonyl (C=O) groups excluding carboxylic acids is 2. The van der Waals surface area contributed by atoms with Crippen LogP contribution in [-0.4, -0.2) is 63.9 Å². The molecule has 0 radical (unpaired) electrons. The summed E-state index contributed by atoms with van der Waals surface area (Å²) in [6, 6.07) is 2.54. The predicted molar refractivity (Wildman–Crippen MR) is 135 cm³/mol. The smallest absolute Gasteiger partial charge is 0.389 e. The molecule has 216 valence electrons. The van der Waals surface area contributed by atoms with Crippen LogP contribution >= 0.6 is 11.3 Å². The third-order valence-electron chi connectivity index (χ3n) is 6.95. The van der Waals surface area contributed by atoms with Gasteiger partial charge >= 0.3 is 12.4 Å². The Labute approximate surface area is 226 Å². The standard InChI is InChI=1S/C26H31F6N3O3S/c1-14-12-16(24(5,25(27,28)29)26(30,31)32)9-10-17(14)19-18(22(37)35-11-7-6-8-15(35)2)34-21(39-19)20(36)33-13-23(3,4)38/h9-10,12,15,38H,6-8,11,13H2,1-5H3,(H,33,36)/t15-/m0/s1. The first-order chi connectivity index (χ1) is 17.8. The molecule has 0 saturated carbocycles. The van der Waals surface area contributed by atoms with E-state index in [0.29, 0.717) is 6.54 Å². The van der Waals surface area contributed by atoms with Gasteiger partial charge in [-0.25, -0.2) is 4.98 Å². The van der Waals surface area contributed by atoms with E-state index in [4.69, 9.17) is 0 Å². The summed E-state index contributed by atoms with van der Waals surface area (Å²) in [5.74, 6) is -1.15. The first-order valence-electron chi connectivity index (χ1n) is 12.3. The maximum Gasteiger partial charge on any atom is 0.406 e. The number of alkyl halides is 6. The second-order valence-corrected chi connectivity index (χ2v) is 11.7. The van der Waals surface area contributed by atoms with Crippen molar-refractivity contribution in [2.24, 2.45) is 0 Å². The Hall–Kier alpha value is -2.67. The van der Waals surface area contributed by atoms with Gasteiger partial charge in [0.05, 0.1) is 10.5 Å². The summed E-state index contributed by atoms with van der Waals surface area (Å²) in [5, 5.41) is 12.3. The maximum atomic E-state index is 13.7. The molecule has 1 aromatic heterocycles. The minimum absolute atomic E-state index is 0.0556. The van der Waals surface area contributed by atoms with E-state index in [1.165, 1.54) is 20.8 Å². The van der Waals surface area contributed by atoms with Crippen molar-refractivity contribution in [1.82, 2.24) is 15.2 Å². The first kappa shape index (κ1) is 30.9. The van der Waals surface area contributed by atoms with E-state index in [2.05, 4.69) is 10.3 Å². The largest absolute Gasteiger partial charge is 0.406 e. The van der Waals surface area contributed by atoms with Gasteiger partial charge in [0.15, 0.2) is 10.4 Å². The number of piperidine rings is 1. The molecular weight excluding hydrogens is 548 g/mol. The Bertz CT molecular complexity index is 1220. The molecule has 1 aromatic carbocycles. The minimum atomic E-state index is -5.61. The molecule has 2 amide bonds. The van der Waals surface area contributed by atoms with Crippen LogP contribution in [0, 0.1) is 6.92 Å². The van der Waals surface area contributed by atoms with Gasteiger partial charge < -0.3 is 15.3 Å². The number of aromatic nitrogens is 1. The highest BCUT2D eigenvalue weighted by Crippen LogP contribution is 2.52. The third kappa shape index (κ3) is 6.24. The lowest BCUT2D eigenvalue weighted by Gasteiger charge is -2.34. The van der Waals surface area contributed by atoms with Crippen LogP contribution in [0.2, 0.25) is 0 Å². The van der Waals surface area contributed by atoms with Crippen LogP contribution in [0.25, 0.3) is 10.4 Å². The van der Waals surface area contributed by atoms with Crippen LogP contribution in [0.5, 0.6) is 0 Å². The molecule has 3 rings (SSSR count). The summed E-state index contributed by atoms with van der Waals surface area (Å²) in [6.07, 6.45) is -8.78. The van der Waals surface area contributed by atoms with Crippen molar-refractivity contribution >= 4 is 23.2 Å². The van der Waals surface area contributed by atoms with Crippen LogP contribution in [0.3, 0.4) is 0 Å². The van der Waals surface area contributed by atoms with Crippen LogP contribution in [0.1, 0.15) is 78.4 Å². The van der Waals surface area contributed by atoms with Crippen molar-refractivity contribution in [2.75, 3.05) is 13.1 Å². The van der Waals surface area contributed by atoms with Crippen LogP contribution in [0.4, 0.5) is 26.3 Å². The molecule has 0 unspecified atom stereocenters. The number of amides is 2. The molecule has 1 atom stereocenters. The summed E-state index contributed by atoms with van der Waals surface area (Å²) >= 11 is 0.807. The molecular formula is C26H31F6N3O3S. The fraction of sp³-hybridized carbons (Fsp3) is 0.577. The topological polar surface area (TPSA) is 82.5 Å². The lowest BCUT2D eigenvalue weighted by Crippen LogP contribution is -2.51. The molecule has 1 saturated heterocycles. The summed E-state index contributed by atoms with van der Waals surface area (Å²) in [4.78, 5) is 32.4. The molecule has 0 bridgehead atoms. The number of aliphatic hydroxyl groups is 1. The van der Waals surface area contributed by atoms with Gasteiger partial charge in [-0.1, -0.05) is 18.2 Å². The number of nitrogens with zero attached hydrogens (tertiary/aromatic N) is 2. The number of hydrogen-bond acceptors (Lipinski definition) is 5. The van der Waals surface area contributed by atoms with Crippen LogP contribution in [-0.2, 0) is 5.41 Å². The molecule has 0 aliphatic carbocycles. The zero-order chi connectivity index (χ0) is 29.6. The van der Waals surface area contributed by atoms with E-state index >= 15 is 0 Å². The summed E-state index contributed by atoms with van der Waals surface area (Å²) in [5.41, 5.74) is -6.19. The van der Waals surface area contributed by atoms with Crippen molar-refractivity contribution in [1.29, 1.82) is 0 Å². The van der Waals surface area contributed by atoms with E-state index in [1.54, 1.807) is 4.90 Å². The van der Waals surface area contributed by atoms with Crippen molar-refractivity contribution in [3.63, 3.8) is 0 Å². The van der Waals surface area contributed by atoms with Crippen molar-refractivity contribution in [3.05, 3.63) is 40.0 Å². The SMILES string of the molecule is Cc1cc(C(C)(C(F)(F)F)C(F)(F)F)ccc1-c1sc(C(=O)NCC(C)(C)O)nc1C(=O)N1CCCC[C@@H]1C. The minimum Gasteiger partial charge on any atom is -0.389 e. The second-order valence-electron chi connectivity index (χ2n) is 10.7. The number of benzene rings is 1. The molecule has 6 nitrogen and oxygen atoms in total. The number of aryl methyl sites for hydroxylation is 1.